The molecule has 0 fully saturated rings. The summed E-state index contributed by atoms with van der Waals surface area (Å²) in [5.41, 5.74) is 1.69. The van der Waals surface area contributed by atoms with Gasteiger partial charge in [0.2, 0.25) is 0 Å². The zero-order chi connectivity index (χ0) is 12.4. The van der Waals surface area contributed by atoms with Crippen molar-refractivity contribution >= 4 is 22.9 Å². The minimum atomic E-state index is -0.737. The lowest BCUT2D eigenvalue weighted by Gasteiger charge is -2.16. The average Bonchev–Trinajstić information content (AvgIpc) is 2.74. The Morgan fingerprint density at radius 2 is 2.12 bits per heavy atom. The molecule has 4 heteroatoms. The number of methoxy groups -OCH3 is 1. The molecule has 2 aromatic rings. The van der Waals surface area contributed by atoms with Gasteiger partial charge in [0.15, 0.2) is 0 Å². The van der Waals surface area contributed by atoms with Crippen LogP contribution >= 0.6 is 22.9 Å². The third-order valence-electron chi connectivity index (χ3n) is 2.66. The first-order valence-corrected chi connectivity index (χ1v) is 6.45. The number of ether oxygens (including phenoxy) is 1. The van der Waals surface area contributed by atoms with Crippen molar-refractivity contribution in [2.75, 3.05) is 7.11 Å². The van der Waals surface area contributed by atoms with E-state index in [1.54, 1.807) is 25.3 Å². The van der Waals surface area contributed by atoms with Crippen LogP contribution in [0.4, 0.5) is 0 Å². The van der Waals surface area contributed by atoms with Gasteiger partial charge in [0.1, 0.15) is 11.9 Å². The highest BCUT2D eigenvalue weighted by Crippen LogP contribution is 2.38. The molecule has 0 radical (unpaired) electrons. The van der Waals surface area contributed by atoms with Crippen LogP contribution in [-0.2, 0) is 0 Å². The van der Waals surface area contributed by atoms with E-state index < -0.39 is 6.10 Å². The first-order valence-electron chi connectivity index (χ1n) is 5.19. The summed E-state index contributed by atoms with van der Waals surface area (Å²) in [6.07, 6.45) is -0.737. The molecule has 2 rings (SSSR count). The lowest BCUT2D eigenvalue weighted by Crippen LogP contribution is -2.02. The molecule has 1 heterocycles. The average molecular weight is 269 g/mol. The van der Waals surface area contributed by atoms with Crippen molar-refractivity contribution in [2.24, 2.45) is 0 Å². The molecule has 0 saturated carbocycles. The van der Waals surface area contributed by atoms with Gasteiger partial charge in [-0.05, 0) is 36.1 Å². The fourth-order valence-electron chi connectivity index (χ4n) is 1.76. The SMILES string of the molecule is COc1cccc(Cl)c1C(O)c1sccc1C. The highest BCUT2D eigenvalue weighted by molar-refractivity contribution is 7.10. The Bertz CT molecular complexity index is 522. The van der Waals surface area contributed by atoms with Gasteiger partial charge in [-0.15, -0.1) is 11.3 Å². The predicted octanol–water partition coefficient (Wildman–Crippen LogP) is 3.80. The van der Waals surface area contributed by atoms with Crippen LogP contribution < -0.4 is 4.74 Å². The quantitative estimate of drug-likeness (QED) is 0.917. The van der Waals surface area contributed by atoms with E-state index in [1.807, 2.05) is 18.4 Å². The van der Waals surface area contributed by atoms with Gasteiger partial charge in [-0.2, -0.15) is 0 Å². The third kappa shape index (κ3) is 2.32. The van der Waals surface area contributed by atoms with Crippen molar-refractivity contribution in [1.82, 2.24) is 0 Å². The second-order valence-corrected chi connectivity index (χ2v) is 5.08. The van der Waals surface area contributed by atoms with Crippen molar-refractivity contribution < 1.29 is 9.84 Å². The Kier molecular flexibility index (Phi) is 3.72. The number of halogens is 1. The number of benzene rings is 1. The number of aliphatic hydroxyl groups is 1. The Balaban J connectivity index is 2.50. The molecule has 17 heavy (non-hydrogen) atoms. The summed E-state index contributed by atoms with van der Waals surface area (Å²) in [6, 6.07) is 7.34. The normalized spacial score (nSPS) is 12.5. The zero-order valence-electron chi connectivity index (χ0n) is 9.61. The molecule has 90 valence electrons. The van der Waals surface area contributed by atoms with Crippen LogP contribution in [0.2, 0.25) is 5.02 Å². The fourth-order valence-corrected chi connectivity index (χ4v) is 2.94. The minimum Gasteiger partial charge on any atom is -0.496 e. The van der Waals surface area contributed by atoms with Crippen molar-refractivity contribution in [3.8, 4) is 5.75 Å². The Morgan fingerprint density at radius 3 is 2.71 bits per heavy atom. The number of aryl methyl sites for hydroxylation is 1. The van der Waals surface area contributed by atoms with Crippen LogP contribution in [0, 0.1) is 6.92 Å². The van der Waals surface area contributed by atoms with Crippen molar-refractivity contribution in [1.29, 1.82) is 0 Å². The topological polar surface area (TPSA) is 29.5 Å². The Hall–Kier alpha value is -1.03. The van der Waals surface area contributed by atoms with E-state index in [0.29, 0.717) is 16.3 Å². The van der Waals surface area contributed by atoms with Crippen LogP contribution in [0.25, 0.3) is 0 Å². The third-order valence-corrected chi connectivity index (χ3v) is 4.06. The Morgan fingerprint density at radius 1 is 1.35 bits per heavy atom. The molecule has 0 spiro atoms. The summed E-state index contributed by atoms with van der Waals surface area (Å²) in [6.45, 7) is 1.97. The monoisotopic (exact) mass is 268 g/mol. The maximum atomic E-state index is 10.4. The summed E-state index contributed by atoms with van der Waals surface area (Å²) in [7, 11) is 1.57. The van der Waals surface area contributed by atoms with Gasteiger partial charge in [-0.25, -0.2) is 0 Å². The van der Waals surface area contributed by atoms with Crippen molar-refractivity contribution in [3.63, 3.8) is 0 Å². The summed E-state index contributed by atoms with van der Waals surface area (Å²) in [5, 5.41) is 12.9. The molecule has 0 saturated heterocycles. The molecule has 0 aliphatic rings. The maximum absolute atomic E-state index is 10.4. The number of hydrogen-bond donors (Lipinski definition) is 1. The van der Waals surface area contributed by atoms with E-state index >= 15 is 0 Å². The van der Waals surface area contributed by atoms with Crippen LogP contribution in [0.1, 0.15) is 22.1 Å². The largest absolute Gasteiger partial charge is 0.496 e. The van der Waals surface area contributed by atoms with Gasteiger partial charge in [0.25, 0.3) is 0 Å². The maximum Gasteiger partial charge on any atom is 0.126 e. The summed E-state index contributed by atoms with van der Waals surface area (Å²) in [5.74, 6) is 0.609. The second kappa shape index (κ2) is 5.08. The van der Waals surface area contributed by atoms with Crippen molar-refractivity contribution in [3.05, 3.63) is 50.7 Å². The molecule has 1 aromatic heterocycles. The van der Waals surface area contributed by atoms with Crippen LogP contribution in [0.3, 0.4) is 0 Å². The minimum absolute atomic E-state index is 0.518. The van der Waals surface area contributed by atoms with Crippen LogP contribution in [-0.4, -0.2) is 12.2 Å². The lowest BCUT2D eigenvalue weighted by molar-refractivity contribution is 0.218. The van der Waals surface area contributed by atoms with Gasteiger partial charge >= 0.3 is 0 Å². The Labute approximate surface area is 109 Å². The van der Waals surface area contributed by atoms with Crippen LogP contribution in [0.15, 0.2) is 29.6 Å². The smallest absolute Gasteiger partial charge is 0.126 e. The van der Waals surface area contributed by atoms with Gasteiger partial charge in [-0.3, -0.25) is 0 Å². The molecule has 0 amide bonds. The fraction of sp³-hybridized carbons (Fsp3) is 0.231. The van der Waals surface area contributed by atoms with E-state index in [2.05, 4.69) is 0 Å². The van der Waals surface area contributed by atoms with Gasteiger partial charge < -0.3 is 9.84 Å². The number of hydrogen-bond acceptors (Lipinski definition) is 3. The molecular formula is C13H13ClO2S. The number of rotatable bonds is 3. The summed E-state index contributed by atoms with van der Waals surface area (Å²) in [4.78, 5) is 0.899. The second-order valence-electron chi connectivity index (χ2n) is 3.73. The van der Waals surface area contributed by atoms with E-state index in [0.717, 1.165) is 10.4 Å². The molecular weight excluding hydrogens is 256 g/mol. The highest BCUT2D eigenvalue weighted by Gasteiger charge is 2.21. The molecule has 1 unspecified atom stereocenters. The van der Waals surface area contributed by atoms with E-state index in [9.17, 15) is 5.11 Å². The number of thiophene rings is 1. The van der Waals surface area contributed by atoms with E-state index in [1.165, 1.54) is 11.3 Å². The van der Waals surface area contributed by atoms with E-state index in [4.69, 9.17) is 16.3 Å². The van der Waals surface area contributed by atoms with Gasteiger partial charge in [0, 0.05) is 10.4 Å². The molecule has 0 bridgehead atoms. The molecule has 1 aromatic carbocycles. The van der Waals surface area contributed by atoms with Gasteiger partial charge in [-0.1, -0.05) is 17.7 Å². The van der Waals surface area contributed by atoms with Crippen molar-refractivity contribution in [2.45, 2.75) is 13.0 Å². The molecule has 0 aliphatic heterocycles. The highest BCUT2D eigenvalue weighted by atomic mass is 35.5. The lowest BCUT2D eigenvalue weighted by atomic mass is 10.0. The van der Waals surface area contributed by atoms with E-state index in [-0.39, 0.29) is 0 Å². The standard InChI is InChI=1S/C13H13ClO2S/c1-8-6-7-17-13(8)12(15)11-9(14)4-3-5-10(11)16-2/h3-7,12,15H,1-2H3. The zero-order valence-corrected chi connectivity index (χ0v) is 11.2. The first-order chi connectivity index (χ1) is 8.15. The molecule has 1 atom stereocenters. The molecule has 2 nitrogen and oxygen atoms in total. The number of aliphatic hydroxyl groups excluding tert-OH is 1. The predicted molar refractivity (Wildman–Crippen MR) is 71.1 cm³/mol. The first kappa shape index (κ1) is 12.4. The molecule has 1 N–H and O–H groups in total. The molecule has 0 aliphatic carbocycles. The van der Waals surface area contributed by atoms with Crippen LogP contribution in [0.5, 0.6) is 5.75 Å². The summed E-state index contributed by atoms with van der Waals surface area (Å²) >= 11 is 7.65. The summed E-state index contributed by atoms with van der Waals surface area (Å²) < 4.78 is 5.25. The van der Waals surface area contributed by atoms with Gasteiger partial charge in [0.05, 0.1) is 12.1 Å².